The van der Waals surface area contributed by atoms with Crippen LogP contribution in [0.5, 0.6) is 0 Å². The van der Waals surface area contributed by atoms with E-state index in [1.165, 1.54) is 12.5 Å². The summed E-state index contributed by atoms with van der Waals surface area (Å²) in [5.74, 6) is -2.27. The van der Waals surface area contributed by atoms with Crippen LogP contribution in [-0.2, 0) is 4.74 Å². The predicted molar refractivity (Wildman–Crippen MR) is 139 cm³/mol. The highest BCUT2D eigenvalue weighted by Gasteiger charge is 2.46. The minimum Gasteiger partial charge on any atom is -0.478 e. The second kappa shape index (κ2) is 9.34. The number of aryl methyl sites for hydroxylation is 1. The van der Waals surface area contributed by atoms with E-state index < -0.39 is 29.2 Å². The second-order valence-electron chi connectivity index (χ2n) is 10.8. The van der Waals surface area contributed by atoms with Crippen molar-refractivity contribution in [1.29, 1.82) is 0 Å². The van der Waals surface area contributed by atoms with Crippen molar-refractivity contribution >= 4 is 28.5 Å². The SMILES string of the molecule is Cc1cc(C(C)Nc2ccc(F)c(F)c2C(=O)O)c2nc(N3CC4CC4C3)n(C3CCOCC3)c(=O)c2c1. The number of ether oxygens (including phenoxy) is 1. The molecule has 3 aliphatic rings. The largest absolute Gasteiger partial charge is 0.478 e. The van der Waals surface area contributed by atoms with Gasteiger partial charge in [-0.15, -0.1) is 0 Å². The number of carbonyl (C=O) groups is 1. The van der Waals surface area contributed by atoms with E-state index in [1.54, 1.807) is 6.92 Å². The van der Waals surface area contributed by atoms with Crippen LogP contribution in [0.25, 0.3) is 10.9 Å². The van der Waals surface area contributed by atoms with Crippen LogP contribution in [0.1, 0.15) is 59.8 Å². The highest BCUT2D eigenvalue weighted by Crippen LogP contribution is 2.46. The molecule has 0 radical (unpaired) electrons. The molecule has 0 spiro atoms. The van der Waals surface area contributed by atoms with Gasteiger partial charge in [-0.1, -0.05) is 6.07 Å². The molecule has 3 unspecified atom stereocenters. The van der Waals surface area contributed by atoms with Gasteiger partial charge in [-0.2, -0.15) is 0 Å². The summed E-state index contributed by atoms with van der Waals surface area (Å²) in [5, 5.41) is 13.0. The van der Waals surface area contributed by atoms with Crippen LogP contribution in [0.3, 0.4) is 0 Å². The van der Waals surface area contributed by atoms with Gasteiger partial charge in [0.15, 0.2) is 11.6 Å². The van der Waals surface area contributed by atoms with E-state index in [4.69, 9.17) is 9.72 Å². The fraction of sp³-hybridized carbons (Fsp3) is 0.464. The number of hydrogen-bond acceptors (Lipinski definition) is 6. The van der Waals surface area contributed by atoms with Gasteiger partial charge in [0.1, 0.15) is 5.56 Å². The number of fused-ring (bicyclic) bond motifs is 2. The zero-order valence-electron chi connectivity index (χ0n) is 21.3. The molecule has 1 saturated carbocycles. The minimum absolute atomic E-state index is 0.0000903. The van der Waals surface area contributed by atoms with Crippen LogP contribution in [0.4, 0.5) is 20.4 Å². The molecule has 3 atom stereocenters. The van der Waals surface area contributed by atoms with Gasteiger partial charge in [-0.25, -0.2) is 18.6 Å². The van der Waals surface area contributed by atoms with Crippen molar-refractivity contribution in [1.82, 2.24) is 9.55 Å². The number of aromatic carboxylic acids is 1. The zero-order chi connectivity index (χ0) is 26.7. The van der Waals surface area contributed by atoms with Crippen molar-refractivity contribution in [3.63, 3.8) is 0 Å². The Labute approximate surface area is 218 Å². The Kier molecular flexibility index (Phi) is 6.09. The highest BCUT2D eigenvalue weighted by atomic mass is 19.2. The molecule has 1 aliphatic carbocycles. The molecule has 2 saturated heterocycles. The normalized spacial score (nSPS) is 21.9. The van der Waals surface area contributed by atoms with Crippen LogP contribution in [0.15, 0.2) is 29.1 Å². The number of halogens is 2. The lowest BCUT2D eigenvalue weighted by molar-refractivity contribution is 0.0686. The number of nitrogens with one attached hydrogen (secondary N) is 1. The highest BCUT2D eigenvalue weighted by molar-refractivity contribution is 5.95. The van der Waals surface area contributed by atoms with Crippen LogP contribution in [-0.4, -0.2) is 46.9 Å². The summed E-state index contributed by atoms with van der Waals surface area (Å²) in [6, 6.07) is 5.29. The number of benzene rings is 2. The Hall–Kier alpha value is -3.53. The molecule has 3 aromatic rings. The van der Waals surface area contributed by atoms with Gasteiger partial charge in [-0.3, -0.25) is 9.36 Å². The fourth-order valence-corrected chi connectivity index (χ4v) is 6.05. The zero-order valence-corrected chi connectivity index (χ0v) is 21.3. The molecule has 6 rings (SSSR count). The summed E-state index contributed by atoms with van der Waals surface area (Å²) in [5.41, 5.74) is 1.14. The van der Waals surface area contributed by atoms with E-state index in [9.17, 15) is 23.5 Å². The number of carboxylic acids is 1. The number of anilines is 2. The van der Waals surface area contributed by atoms with Crippen molar-refractivity contribution in [2.24, 2.45) is 11.8 Å². The number of aromatic nitrogens is 2. The average Bonchev–Trinajstić information content (AvgIpc) is 3.50. The third-order valence-corrected chi connectivity index (χ3v) is 8.13. The standard InChI is InChI=1S/C28H30F2N4O4/c1-14-9-19(15(2)31-22-4-3-21(29)24(30)23(22)27(36)37)25-20(10-14)26(35)34(18-5-7-38-8-6-18)28(32-25)33-12-16-11-17(16)13-33/h3-4,9-10,15-18,31H,5-8,11-13H2,1-2H3,(H,36,37). The molecular weight excluding hydrogens is 494 g/mol. The number of rotatable bonds is 6. The van der Waals surface area contributed by atoms with Gasteiger partial charge in [-0.05, 0) is 68.7 Å². The molecule has 38 heavy (non-hydrogen) atoms. The lowest BCUT2D eigenvalue weighted by Gasteiger charge is -2.31. The topological polar surface area (TPSA) is 96.7 Å². The molecule has 2 aliphatic heterocycles. The molecule has 2 N–H and O–H groups in total. The van der Waals surface area contributed by atoms with Crippen LogP contribution in [0.2, 0.25) is 0 Å². The van der Waals surface area contributed by atoms with Crippen LogP contribution < -0.4 is 15.8 Å². The van der Waals surface area contributed by atoms with Gasteiger partial charge in [0.05, 0.1) is 22.6 Å². The molecule has 0 bridgehead atoms. The van der Waals surface area contributed by atoms with Gasteiger partial charge in [0.25, 0.3) is 5.56 Å². The number of nitrogens with zero attached hydrogens (tertiary/aromatic N) is 3. The third kappa shape index (κ3) is 4.20. The Bertz CT molecular complexity index is 1490. The summed E-state index contributed by atoms with van der Waals surface area (Å²) >= 11 is 0. The van der Waals surface area contributed by atoms with Crippen molar-refractivity contribution in [3.05, 3.63) is 62.9 Å². The smallest absolute Gasteiger partial charge is 0.340 e. The third-order valence-electron chi connectivity index (χ3n) is 8.13. The first-order valence-corrected chi connectivity index (χ1v) is 13.1. The van der Waals surface area contributed by atoms with E-state index in [0.717, 1.165) is 37.6 Å². The summed E-state index contributed by atoms with van der Waals surface area (Å²) in [6.07, 6.45) is 2.70. The number of carboxylic acid groups (broad SMARTS) is 1. The lowest BCUT2D eigenvalue weighted by Crippen LogP contribution is -2.37. The maximum Gasteiger partial charge on any atom is 0.340 e. The summed E-state index contributed by atoms with van der Waals surface area (Å²) < 4.78 is 35.5. The Morgan fingerprint density at radius 1 is 1.18 bits per heavy atom. The monoisotopic (exact) mass is 524 g/mol. The van der Waals surface area contributed by atoms with Crippen molar-refractivity contribution in [3.8, 4) is 0 Å². The Balaban J connectivity index is 1.48. The first kappa shape index (κ1) is 24.8. The summed E-state index contributed by atoms with van der Waals surface area (Å²) in [4.78, 5) is 33.1. The molecule has 2 aromatic carbocycles. The lowest BCUT2D eigenvalue weighted by atomic mass is 10.00. The molecule has 10 heteroatoms. The van der Waals surface area contributed by atoms with Crippen molar-refractivity contribution in [2.45, 2.75) is 45.2 Å². The number of piperidine rings is 1. The summed E-state index contributed by atoms with van der Waals surface area (Å²) in [6.45, 7) is 6.61. The quantitative estimate of drug-likeness (QED) is 0.484. The van der Waals surface area contributed by atoms with Crippen molar-refractivity contribution < 1.29 is 23.4 Å². The molecule has 3 heterocycles. The Morgan fingerprint density at radius 2 is 1.89 bits per heavy atom. The van der Waals surface area contributed by atoms with E-state index in [2.05, 4.69) is 10.2 Å². The molecular formula is C28H30F2N4O4. The molecule has 0 amide bonds. The molecule has 200 valence electrons. The first-order chi connectivity index (χ1) is 18.2. The molecule has 3 fully saturated rings. The van der Waals surface area contributed by atoms with E-state index >= 15 is 0 Å². The maximum atomic E-state index is 14.4. The van der Waals surface area contributed by atoms with Gasteiger partial charge >= 0.3 is 5.97 Å². The van der Waals surface area contributed by atoms with Crippen LogP contribution >= 0.6 is 0 Å². The summed E-state index contributed by atoms with van der Waals surface area (Å²) in [7, 11) is 0. The first-order valence-electron chi connectivity index (χ1n) is 13.1. The van der Waals surface area contributed by atoms with E-state index in [-0.39, 0.29) is 17.3 Å². The van der Waals surface area contributed by atoms with Gasteiger partial charge < -0.3 is 20.1 Å². The van der Waals surface area contributed by atoms with Crippen LogP contribution in [0, 0.1) is 30.4 Å². The fourth-order valence-electron chi connectivity index (χ4n) is 6.05. The Morgan fingerprint density at radius 3 is 2.58 bits per heavy atom. The average molecular weight is 525 g/mol. The van der Waals surface area contributed by atoms with E-state index in [1.807, 2.05) is 23.6 Å². The number of hydrogen-bond donors (Lipinski definition) is 2. The molecule has 1 aromatic heterocycles. The minimum atomic E-state index is -1.57. The van der Waals surface area contributed by atoms with E-state index in [0.29, 0.717) is 47.5 Å². The maximum absolute atomic E-state index is 14.4. The van der Waals surface area contributed by atoms with Gasteiger partial charge in [0.2, 0.25) is 5.95 Å². The van der Waals surface area contributed by atoms with Crippen molar-refractivity contribution in [2.75, 3.05) is 36.5 Å². The predicted octanol–water partition coefficient (Wildman–Crippen LogP) is 4.66. The van der Waals surface area contributed by atoms with Gasteiger partial charge in [0, 0.05) is 37.9 Å². The second-order valence-corrected chi connectivity index (χ2v) is 10.8. The molecule has 8 nitrogen and oxygen atoms in total.